The second-order valence-electron chi connectivity index (χ2n) is 9.10. The summed E-state index contributed by atoms with van der Waals surface area (Å²) in [6, 6.07) is 3.25. The van der Waals surface area contributed by atoms with Crippen molar-refractivity contribution < 1.29 is 43.7 Å². The lowest BCUT2D eigenvalue weighted by Gasteiger charge is -2.49. The van der Waals surface area contributed by atoms with Gasteiger partial charge in [-0.05, 0) is 38.5 Å². The molecule has 0 spiro atoms. The molecule has 0 radical (unpaired) electrons. The lowest BCUT2D eigenvalue weighted by molar-refractivity contribution is -0.151. The van der Waals surface area contributed by atoms with Crippen LogP contribution in [0.5, 0.6) is 5.75 Å². The summed E-state index contributed by atoms with van der Waals surface area (Å²) in [5.41, 5.74) is -0.513. The summed E-state index contributed by atoms with van der Waals surface area (Å²) in [5, 5.41) is 23.6. The van der Waals surface area contributed by atoms with E-state index in [4.69, 9.17) is 9.47 Å². The number of nitrogens with zero attached hydrogens (tertiary/aromatic N) is 1. The highest BCUT2D eigenvalue weighted by Gasteiger charge is 2.54. The van der Waals surface area contributed by atoms with Gasteiger partial charge in [-0.25, -0.2) is 9.59 Å². The van der Waals surface area contributed by atoms with E-state index in [0.717, 1.165) is 4.90 Å². The number of rotatable bonds is 7. The molecule has 13 heteroatoms. The van der Waals surface area contributed by atoms with Gasteiger partial charge in [0.2, 0.25) is 5.91 Å². The fourth-order valence-corrected chi connectivity index (χ4v) is 4.94. The predicted octanol–water partition coefficient (Wildman–Crippen LogP) is 1.26. The predicted molar refractivity (Wildman–Crippen MR) is 127 cm³/mol. The Hall–Kier alpha value is -3.74. The molecule has 3 atom stereocenters. The molecule has 1 saturated heterocycles. The number of aromatic hydroxyl groups is 1. The van der Waals surface area contributed by atoms with E-state index in [1.54, 1.807) is 20.8 Å². The van der Waals surface area contributed by atoms with Gasteiger partial charge < -0.3 is 30.3 Å². The third-order valence-electron chi connectivity index (χ3n) is 5.15. The number of phenols is 1. The van der Waals surface area contributed by atoms with Crippen LogP contribution < -0.4 is 10.6 Å². The van der Waals surface area contributed by atoms with E-state index < -0.39 is 52.9 Å². The van der Waals surface area contributed by atoms with Crippen molar-refractivity contribution in [3.05, 3.63) is 41.1 Å². The first-order valence-electron chi connectivity index (χ1n) is 10.9. The number of phenolic OH excluding ortho intramolecular Hbond substituents is 1. The number of thioether (sulfide) groups is 1. The highest BCUT2D eigenvalue weighted by molar-refractivity contribution is 8.00. The highest BCUT2D eigenvalue weighted by atomic mass is 32.2. The molecule has 0 bridgehead atoms. The molecule has 194 valence electrons. The average Bonchev–Trinajstić information content (AvgIpc) is 2.78. The Morgan fingerprint density at radius 3 is 2.39 bits per heavy atom. The minimum atomic E-state index is -1.35. The van der Waals surface area contributed by atoms with Gasteiger partial charge in [0.1, 0.15) is 41.1 Å². The van der Waals surface area contributed by atoms with Gasteiger partial charge in [0.25, 0.3) is 5.91 Å². The van der Waals surface area contributed by atoms with Gasteiger partial charge in [0, 0.05) is 18.2 Å². The van der Waals surface area contributed by atoms with Gasteiger partial charge >= 0.3 is 18.0 Å². The summed E-state index contributed by atoms with van der Waals surface area (Å²) in [4.78, 5) is 62.5. The monoisotopic (exact) mass is 521 g/mol. The number of β-lactam (4-membered cyclic amide) rings is 1. The second kappa shape index (κ2) is 10.5. The summed E-state index contributed by atoms with van der Waals surface area (Å²) in [6.45, 7) is 5.91. The second-order valence-corrected chi connectivity index (χ2v) is 10.2. The van der Waals surface area contributed by atoms with Crippen LogP contribution in [0.1, 0.15) is 39.3 Å². The van der Waals surface area contributed by atoms with Crippen molar-refractivity contribution in [1.29, 1.82) is 0 Å². The summed E-state index contributed by atoms with van der Waals surface area (Å²) in [7, 11) is 0. The van der Waals surface area contributed by atoms with Crippen LogP contribution in [0, 0.1) is 0 Å². The van der Waals surface area contributed by atoms with Crippen molar-refractivity contribution >= 4 is 41.6 Å². The zero-order chi connectivity index (χ0) is 26.8. The first kappa shape index (κ1) is 26.9. The summed E-state index contributed by atoms with van der Waals surface area (Å²) in [5.74, 6) is -3.19. The molecule has 0 aromatic heterocycles. The Morgan fingerprint density at radius 2 is 1.83 bits per heavy atom. The first-order valence-corrected chi connectivity index (χ1v) is 12.0. The number of ether oxygens (including phenoxy) is 2. The summed E-state index contributed by atoms with van der Waals surface area (Å²) in [6.07, 6.45) is -0.865. The number of fused-ring (bicyclic) bond motifs is 1. The topological polar surface area (TPSA) is 172 Å². The zero-order valence-corrected chi connectivity index (χ0v) is 20.9. The minimum Gasteiger partial charge on any atom is -0.508 e. The molecule has 12 nitrogen and oxygen atoms in total. The maximum Gasteiger partial charge on any atom is 0.408 e. The van der Waals surface area contributed by atoms with E-state index in [1.807, 2.05) is 0 Å². The zero-order valence-electron chi connectivity index (χ0n) is 20.1. The molecule has 2 aliphatic rings. The maximum atomic E-state index is 13.2. The minimum absolute atomic E-state index is 0.0452. The molecule has 3 rings (SSSR count). The van der Waals surface area contributed by atoms with E-state index in [9.17, 15) is 34.2 Å². The van der Waals surface area contributed by atoms with Crippen LogP contribution in [0.25, 0.3) is 0 Å². The molecular formula is C23H27N3O9S. The van der Waals surface area contributed by atoms with Crippen LogP contribution >= 0.6 is 11.8 Å². The molecular weight excluding hydrogens is 494 g/mol. The number of nitrogens with one attached hydrogen (secondary N) is 2. The van der Waals surface area contributed by atoms with E-state index in [-0.39, 0.29) is 29.4 Å². The number of alkyl carbamates (subject to hydrolysis) is 1. The molecule has 1 fully saturated rings. The Kier molecular flexibility index (Phi) is 7.82. The van der Waals surface area contributed by atoms with Crippen molar-refractivity contribution in [1.82, 2.24) is 15.5 Å². The smallest absolute Gasteiger partial charge is 0.408 e. The summed E-state index contributed by atoms with van der Waals surface area (Å²) < 4.78 is 10.1. The van der Waals surface area contributed by atoms with Crippen LogP contribution in [0.15, 0.2) is 35.5 Å². The molecule has 1 aromatic rings. The Morgan fingerprint density at radius 1 is 1.19 bits per heavy atom. The molecule has 0 saturated carbocycles. The lowest BCUT2D eigenvalue weighted by Crippen LogP contribution is -2.71. The van der Waals surface area contributed by atoms with Gasteiger partial charge in [-0.1, -0.05) is 12.1 Å². The number of hydrogen-bond acceptors (Lipinski definition) is 9. The van der Waals surface area contributed by atoms with Crippen LogP contribution in [-0.4, -0.2) is 74.3 Å². The van der Waals surface area contributed by atoms with Crippen LogP contribution in [0.4, 0.5) is 4.79 Å². The Bertz CT molecular complexity index is 1110. The average molecular weight is 522 g/mol. The van der Waals surface area contributed by atoms with Crippen molar-refractivity contribution in [2.45, 2.75) is 50.8 Å². The largest absolute Gasteiger partial charge is 0.508 e. The number of amides is 3. The third-order valence-corrected chi connectivity index (χ3v) is 6.49. The lowest BCUT2D eigenvalue weighted by atomic mass is 10.0. The van der Waals surface area contributed by atoms with Crippen molar-refractivity contribution in [2.75, 3.05) is 12.4 Å². The number of benzene rings is 1. The molecule has 1 unspecified atom stereocenters. The number of aliphatic carboxylic acids is 1. The van der Waals surface area contributed by atoms with Gasteiger partial charge in [-0.3, -0.25) is 19.3 Å². The van der Waals surface area contributed by atoms with Crippen molar-refractivity contribution in [2.24, 2.45) is 0 Å². The first-order chi connectivity index (χ1) is 16.8. The summed E-state index contributed by atoms with van der Waals surface area (Å²) >= 11 is 1.21. The van der Waals surface area contributed by atoms with Crippen LogP contribution in [-0.2, 0) is 28.7 Å². The number of carbonyl (C=O) groups excluding carboxylic acids is 4. The maximum absolute atomic E-state index is 13.2. The third kappa shape index (κ3) is 6.08. The van der Waals surface area contributed by atoms with E-state index in [2.05, 4.69) is 10.6 Å². The molecule has 1 aromatic carbocycles. The van der Waals surface area contributed by atoms with Crippen molar-refractivity contribution in [3.63, 3.8) is 0 Å². The Balaban J connectivity index is 1.79. The van der Waals surface area contributed by atoms with Crippen molar-refractivity contribution in [3.8, 4) is 5.75 Å². The van der Waals surface area contributed by atoms with E-state index in [0.29, 0.717) is 5.56 Å². The number of esters is 1. The van der Waals surface area contributed by atoms with Crippen LogP contribution in [0.3, 0.4) is 0 Å². The SMILES string of the molecule is CC(=O)OCC1=C(C(=O)O)N2C(=O)[C@H](NC(=O)C(NC(=O)OC(C)(C)C)c3ccc(O)cc3)[C@H]2SC1. The molecule has 2 aliphatic heterocycles. The molecule has 4 N–H and O–H groups in total. The normalized spacial score (nSPS) is 20.0. The molecule has 36 heavy (non-hydrogen) atoms. The quantitative estimate of drug-likeness (QED) is 0.302. The fraction of sp³-hybridized carbons (Fsp3) is 0.435. The Labute approximate surface area is 211 Å². The van der Waals surface area contributed by atoms with Gasteiger partial charge in [-0.2, -0.15) is 0 Å². The number of carboxylic acid groups (broad SMARTS) is 1. The van der Waals surface area contributed by atoms with E-state index in [1.165, 1.54) is 43.0 Å². The number of hydrogen-bond donors (Lipinski definition) is 4. The van der Waals surface area contributed by atoms with E-state index >= 15 is 0 Å². The molecule has 0 aliphatic carbocycles. The highest BCUT2D eigenvalue weighted by Crippen LogP contribution is 2.40. The van der Waals surface area contributed by atoms with Gasteiger partial charge in [0.15, 0.2) is 0 Å². The fourth-order valence-electron chi connectivity index (χ4n) is 3.61. The molecule has 2 heterocycles. The van der Waals surface area contributed by atoms with Gasteiger partial charge in [-0.15, -0.1) is 11.8 Å². The standard InChI is InChI=1S/C23H27N3O9S/c1-11(27)34-9-13-10-36-20-16(19(30)26(20)17(13)21(31)32)24-18(29)15(12-5-7-14(28)8-6-12)25-22(33)35-23(2,3)4/h5-8,15-16,20,28H,9-10H2,1-4H3,(H,24,29)(H,25,33)(H,31,32)/t15?,16-,20+/m0/s1. The van der Waals surface area contributed by atoms with Gasteiger partial charge in [0.05, 0.1) is 0 Å². The van der Waals surface area contributed by atoms with Crippen LogP contribution in [0.2, 0.25) is 0 Å². The molecule has 3 amide bonds. The number of carbonyl (C=O) groups is 5. The number of carboxylic acids is 1.